The minimum Gasteiger partial charge on any atom is -0.493 e. The van der Waals surface area contributed by atoms with Crippen LogP contribution in [0, 0.1) is 0 Å². The zero-order valence-corrected chi connectivity index (χ0v) is 14.8. The molecule has 0 saturated carbocycles. The topological polar surface area (TPSA) is 81.4 Å². The third kappa shape index (κ3) is 3.74. The van der Waals surface area contributed by atoms with Gasteiger partial charge >= 0.3 is 0 Å². The number of fused-ring (bicyclic) bond motifs is 1. The lowest BCUT2D eigenvalue weighted by molar-refractivity contribution is -0.111. The summed E-state index contributed by atoms with van der Waals surface area (Å²) < 4.78 is 5.54. The maximum Gasteiger partial charge on any atom is 0.251 e. The Bertz CT molecular complexity index is 839. The molecule has 0 bridgehead atoms. The number of benzene rings is 1. The minimum absolute atomic E-state index is 0.297. The van der Waals surface area contributed by atoms with Crippen molar-refractivity contribution in [2.24, 2.45) is 5.73 Å². The number of thiophene rings is 1. The first kappa shape index (κ1) is 17.2. The summed E-state index contributed by atoms with van der Waals surface area (Å²) in [5.41, 5.74) is 7.80. The van der Waals surface area contributed by atoms with Crippen molar-refractivity contribution in [3.63, 3.8) is 0 Å². The van der Waals surface area contributed by atoms with Crippen LogP contribution in [-0.2, 0) is 17.6 Å². The zero-order valence-electron chi connectivity index (χ0n) is 14.0. The zero-order chi connectivity index (χ0) is 17.8. The molecule has 6 heteroatoms. The van der Waals surface area contributed by atoms with Crippen molar-refractivity contribution in [1.82, 2.24) is 0 Å². The van der Waals surface area contributed by atoms with Gasteiger partial charge < -0.3 is 15.8 Å². The molecule has 1 aliphatic rings. The summed E-state index contributed by atoms with van der Waals surface area (Å²) in [5, 5.41) is 3.34. The maximum atomic E-state index is 12.3. The van der Waals surface area contributed by atoms with Gasteiger partial charge in [0, 0.05) is 16.5 Å². The van der Waals surface area contributed by atoms with Gasteiger partial charge in [0.2, 0.25) is 5.91 Å². The average molecular weight is 356 g/mol. The van der Waals surface area contributed by atoms with Crippen LogP contribution in [0.15, 0.2) is 30.3 Å². The van der Waals surface area contributed by atoms with Gasteiger partial charge in [0.05, 0.1) is 12.2 Å². The van der Waals surface area contributed by atoms with Gasteiger partial charge in [-0.1, -0.05) is 18.2 Å². The molecule has 1 aromatic carbocycles. The highest BCUT2D eigenvalue weighted by atomic mass is 32.1. The Balaban J connectivity index is 1.77. The summed E-state index contributed by atoms with van der Waals surface area (Å²) in [4.78, 5) is 25.2. The molecule has 0 fully saturated rings. The van der Waals surface area contributed by atoms with Gasteiger partial charge in [-0.25, -0.2) is 0 Å². The number of anilines is 1. The predicted octanol–water partition coefficient (Wildman–Crippen LogP) is 3.39. The molecular formula is C19H20N2O3S. The molecule has 0 saturated heterocycles. The fraction of sp³-hybridized carbons (Fsp3) is 0.263. The molecule has 0 atom stereocenters. The van der Waals surface area contributed by atoms with Gasteiger partial charge in [-0.05, 0) is 43.9 Å². The van der Waals surface area contributed by atoms with Crippen molar-refractivity contribution in [2.75, 3.05) is 11.9 Å². The van der Waals surface area contributed by atoms with Crippen LogP contribution >= 0.6 is 11.3 Å². The van der Waals surface area contributed by atoms with E-state index >= 15 is 0 Å². The Kier molecular flexibility index (Phi) is 5.19. The van der Waals surface area contributed by atoms with E-state index in [9.17, 15) is 9.59 Å². The van der Waals surface area contributed by atoms with Crippen molar-refractivity contribution in [3.8, 4) is 5.75 Å². The van der Waals surface area contributed by atoms with Gasteiger partial charge in [0.25, 0.3) is 5.91 Å². The second-order valence-corrected chi connectivity index (χ2v) is 6.82. The summed E-state index contributed by atoms with van der Waals surface area (Å²) in [6.45, 7) is 2.47. The third-order valence-electron chi connectivity index (χ3n) is 4.04. The number of hydrogen-bond acceptors (Lipinski definition) is 4. The quantitative estimate of drug-likeness (QED) is 0.779. The van der Waals surface area contributed by atoms with Crippen LogP contribution in [0.25, 0.3) is 6.08 Å². The molecule has 1 aromatic heterocycles. The van der Waals surface area contributed by atoms with Crippen molar-refractivity contribution in [1.29, 1.82) is 0 Å². The normalized spacial score (nSPS) is 13.0. The Morgan fingerprint density at radius 1 is 1.32 bits per heavy atom. The monoisotopic (exact) mass is 356 g/mol. The lowest BCUT2D eigenvalue weighted by Crippen LogP contribution is -2.16. The standard InChI is InChI=1S/C19H20N2O3S/c1-2-24-14-8-4-3-6-12(14)10-11-16(22)21-19-17(18(20)23)13-7-5-9-15(13)25-19/h3-4,6,8,10-11H,2,5,7,9H2,1H3,(H2,20,23)(H,21,22)/b11-10+. The summed E-state index contributed by atoms with van der Waals surface area (Å²) in [7, 11) is 0. The smallest absolute Gasteiger partial charge is 0.251 e. The van der Waals surface area contributed by atoms with Crippen LogP contribution < -0.4 is 15.8 Å². The van der Waals surface area contributed by atoms with E-state index in [-0.39, 0.29) is 5.91 Å². The Hall–Kier alpha value is -2.60. The Morgan fingerprint density at radius 3 is 2.88 bits per heavy atom. The molecule has 0 spiro atoms. The highest BCUT2D eigenvalue weighted by Gasteiger charge is 2.25. The first-order chi connectivity index (χ1) is 12.1. The molecule has 1 aliphatic carbocycles. The van der Waals surface area contributed by atoms with Gasteiger partial charge in [0.15, 0.2) is 0 Å². The Morgan fingerprint density at radius 2 is 2.12 bits per heavy atom. The SMILES string of the molecule is CCOc1ccccc1/C=C/C(=O)Nc1sc2c(c1C(N)=O)CCC2. The Labute approximate surface area is 150 Å². The number of hydrogen-bond donors (Lipinski definition) is 2. The average Bonchev–Trinajstić information content (AvgIpc) is 3.14. The third-order valence-corrected chi connectivity index (χ3v) is 5.24. The molecule has 3 rings (SSSR count). The highest BCUT2D eigenvalue weighted by molar-refractivity contribution is 7.17. The molecular weight excluding hydrogens is 336 g/mol. The molecule has 0 radical (unpaired) electrons. The van der Waals surface area contributed by atoms with Crippen LogP contribution in [0.5, 0.6) is 5.75 Å². The molecule has 5 nitrogen and oxygen atoms in total. The van der Waals surface area contributed by atoms with E-state index in [0.29, 0.717) is 17.2 Å². The van der Waals surface area contributed by atoms with Crippen LogP contribution in [0.2, 0.25) is 0 Å². The number of amides is 2. The fourth-order valence-corrected chi connectivity index (χ4v) is 4.27. The van der Waals surface area contributed by atoms with Gasteiger partial charge in [-0.2, -0.15) is 0 Å². The summed E-state index contributed by atoms with van der Waals surface area (Å²) in [6.07, 6.45) is 5.95. The molecule has 3 N–H and O–H groups in total. The van der Waals surface area contributed by atoms with Crippen LogP contribution in [0.4, 0.5) is 5.00 Å². The van der Waals surface area contributed by atoms with Gasteiger partial charge in [-0.3, -0.25) is 9.59 Å². The number of rotatable bonds is 6. The summed E-state index contributed by atoms with van der Waals surface area (Å²) in [5.74, 6) is -0.0592. The number of nitrogens with one attached hydrogen (secondary N) is 1. The lowest BCUT2D eigenvalue weighted by Gasteiger charge is -2.06. The molecule has 25 heavy (non-hydrogen) atoms. The largest absolute Gasteiger partial charge is 0.493 e. The van der Waals surface area contributed by atoms with Crippen molar-refractivity contribution >= 4 is 34.2 Å². The first-order valence-corrected chi connectivity index (χ1v) is 9.07. The molecule has 0 unspecified atom stereocenters. The van der Waals surface area contributed by atoms with E-state index < -0.39 is 5.91 Å². The van der Waals surface area contributed by atoms with Crippen molar-refractivity contribution in [3.05, 3.63) is 51.9 Å². The number of primary amides is 1. The molecule has 130 valence electrons. The van der Waals surface area contributed by atoms with Crippen LogP contribution in [0.3, 0.4) is 0 Å². The number of carbonyl (C=O) groups excluding carboxylic acids is 2. The van der Waals surface area contributed by atoms with Gasteiger partial charge in [-0.15, -0.1) is 11.3 Å². The van der Waals surface area contributed by atoms with Crippen molar-refractivity contribution in [2.45, 2.75) is 26.2 Å². The number of aryl methyl sites for hydroxylation is 1. The van der Waals surface area contributed by atoms with Crippen LogP contribution in [0.1, 0.15) is 39.7 Å². The fourth-order valence-electron chi connectivity index (χ4n) is 2.98. The number of para-hydroxylation sites is 1. The number of ether oxygens (including phenoxy) is 1. The van der Waals surface area contributed by atoms with E-state index in [1.807, 2.05) is 31.2 Å². The second-order valence-electron chi connectivity index (χ2n) is 5.72. The van der Waals surface area contributed by atoms with E-state index in [0.717, 1.165) is 41.0 Å². The van der Waals surface area contributed by atoms with Gasteiger partial charge in [0.1, 0.15) is 10.8 Å². The van der Waals surface area contributed by atoms with E-state index in [1.165, 1.54) is 17.4 Å². The molecule has 0 aliphatic heterocycles. The number of nitrogens with two attached hydrogens (primary N) is 1. The first-order valence-electron chi connectivity index (χ1n) is 8.25. The minimum atomic E-state index is -0.486. The lowest BCUT2D eigenvalue weighted by atomic mass is 10.1. The molecule has 2 amide bonds. The maximum absolute atomic E-state index is 12.3. The summed E-state index contributed by atoms with van der Waals surface area (Å²) >= 11 is 1.45. The van der Waals surface area contributed by atoms with Crippen molar-refractivity contribution < 1.29 is 14.3 Å². The predicted molar refractivity (Wildman–Crippen MR) is 100 cm³/mol. The second kappa shape index (κ2) is 7.53. The van der Waals surface area contributed by atoms with E-state index in [1.54, 1.807) is 6.08 Å². The highest BCUT2D eigenvalue weighted by Crippen LogP contribution is 2.38. The summed E-state index contributed by atoms with van der Waals surface area (Å²) in [6, 6.07) is 7.50. The molecule has 1 heterocycles. The van der Waals surface area contributed by atoms with E-state index in [4.69, 9.17) is 10.5 Å². The molecule has 2 aromatic rings. The number of carbonyl (C=O) groups is 2. The van der Waals surface area contributed by atoms with E-state index in [2.05, 4.69) is 5.32 Å². The van der Waals surface area contributed by atoms with Crippen LogP contribution in [-0.4, -0.2) is 18.4 Å².